The number of carbonyl (C=O) groups is 2. The highest BCUT2D eigenvalue weighted by molar-refractivity contribution is 5.99. The number of methoxy groups -OCH3 is 2. The summed E-state index contributed by atoms with van der Waals surface area (Å²) in [5.41, 5.74) is 7.72. The number of nitrogens with zero attached hydrogens (tertiary/aromatic N) is 4. The Morgan fingerprint density at radius 3 is 2.69 bits per heavy atom. The number of aromatic nitrogens is 4. The van der Waals surface area contributed by atoms with Crippen LogP contribution in [0, 0.1) is 5.92 Å². The Bertz CT molecular complexity index is 1290. The van der Waals surface area contributed by atoms with Crippen LogP contribution in [0.25, 0.3) is 11.3 Å². The third-order valence-corrected chi connectivity index (χ3v) is 6.24. The predicted molar refractivity (Wildman–Crippen MR) is 130 cm³/mol. The van der Waals surface area contributed by atoms with Crippen molar-refractivity contribution in [1.29, 1.82) is 0 Å². The molecular formula is C24H27N7O5. The Kier molecular flexibility index (Phi) is 6.53. The number of hydrogen-bond acceptors (Lipinski definition) is 9. The van der Waals surface area contributed by atoms with Crippen LogP contribution in [0.3, 0.4) is 0 Å². The van der Waals surface area contributed by atoms with Crippen molar-refractivity contribution in [3.05, 3.63) is 42.2 Å². The van der Waals surface area contributed by atoms with Gasteiger partial charge in [0, 0.05) is 30.9 Å². The number of benzene rings is 1. The monoisotopic (exact) mass is 493 g/mol. The Hall–Kier alpha value is -4.03. The lowest BCUT2D eigenvalue weighted by molar-refractivity contribution is -0.117. The molecule has 188 valence electrons. The molecule has 2 aliphatic rings. The molecule has 5 rings (SSSR count). The second-order valence-electron chi connectivity index (χ2n) is 8.69. The number of nitrogens with one attached hydrogen (secondary N) is 2. The van der Waals surface area contributed by atoms with Crippen LogP contribution in [0.2, 0.25) is 0 Å². The normalized spacial score (nSPS) is 19.2. The highest BCUT2D eigenvalue weighted by Gasteiger charge is 2.31. The molecule has 36 heavy (non-hydrogen) atoms. The Morgan fingerprint density at radius 1 is 1.14 bits per heavy atom. The fraction of sp³-hybridized carbons (Fsp3) is 0.375. The minimum Gasteiger partial charge on any atom is -0.494 e. The van der Waals surface area contributed by atoms with E-state index in [1.165, 1.54) is 6.07 Å². The third kappa shape index (κ3) is 4.72. The second kappa shape index (κ2) is 9.91. The smallest absolute Gasteiger partial charge is 0.271 e. The third-order valence-electron chi connectivity index (χ3n) is 6.24. The average molecular weight is 494 g/mol. The van der Waals surface area contributed by atoms with Gasteiger partial charge < -0.3 is 30.6 Å². The molecule has 2 aromatic heterocycles. The summed E-state index contributed by atoms with van der Waals surface area (Å²) in [7, 11) is 3.21. The maximum absolute atomic E-state index is 12.2. The zero-order valence-electron chi connectivity index (χ0n) is 19.9. The molecule has 1 aromatic carbocycles. The number of ether oxygens (including phenoxy) is 3. The summed E-state index contributed by atoms with van der Waals surface area (Å²) in [6, 6.07) is 8.90. The zero-order valence-corrected chi connectivity index (χ0v) is 19.9. The van der Waals surface area contributed by atoms with Crippen molar-refractivity contribution in [2.75, 3.05) is 38.1 Å². The van der Waals surface area contributed by atoms with Crippen LogP contribution in [-0.4, -0.2) is 65.3 Å². The summed E-state index contributed by atoms with van der Waals surface area (Å²) < 4.78 is 18.6. The number of anilines is 3. The van der Waals surface area contributed by atoms with Crippen LogP contribution < -0.4 is 21.1 Å². The fourth-order valence-corrected chi connectivity index (χ4v) is 4.17. The van der Waals surface area contributed by atoms with E-state index < -0.39 is 5.91 Å². The average Bonchev–Trinajstić information content (AvgIpc) is 3.42. The van der Waals surface area contributed by atoms with E-state index in [0.717, 1.165) is 18.4 Å². The minimum atomic E-state index is -0.759. The SMILES string of the molecule is COc1c(Nc2cc(NC(=O)C3CC3)nnc2C(N)=O)cccc1-c1ccn([C@@H]2COC[C@H]2OC)n1. The molecule has 0 bridgehead atoms. The van der Waals surface area contributed by atoms with Crippen molar-refractivity contribution >= 4 is 29.0 Å². The number of carbonyl (C=O) groups excluding carboxylic acids is 2. The molecule has 1 aliphatic carbocycles. The van der Waals surface area contributed by atoms with Gasteiger partial charge in [-0.25, -0.2) is 0 Å². The second-order valence-corrected chi connectivity index (χ2v) is 8.69. The molecule has 4 N–H and O–H groups in total. The molecule has 2 atom stereocenters. The van der Waals surface area contributed by atoms with Gasteiger partial charge in [0.1, 0.15) is 12.1 Å². The van der Waals surface area contributed by atoms with Crippen molar-refractivity contribution in [2.24, 2.45) is 11.7 Å². The highest BCUT2D eigenvalue weighted by Crippen LogP contribution is 2.38. The van der Waals surface area contributed by atoms with E-state index in [1.807, 2.05) is 29.1 Å². The lowest BCUT2D eigenvalue weighted by atomic mass is 10.1. The molecular weight excluding hydrogens is 466 g/mol. The Labute approximate surface area is 207 Å². The molecule has 1 saturated heterocycles. The number of nitrogens with two attached hydrogens (primary N) is 1. The van der Waals surface area contributed by atoms with Gasteiger partial charge in [-0.3, -0.25) is 14.3 Å². The van der Waals surface area contributed by atoms with Gasteiger partial charge in [-0.1, -0.05) is 6.07 Å². The van der Waals surface area contributed by atoms with Crippen molar-refractivity contribution in [1.82, 2.24) is 20.0 Å². The van der Waals surface area contributed by atoms with Gasteiger partial charge in [-0.05, 0) is 31.0 Å². The molecule has 0 unspecified atom stereocenters. The number of primary amides is 1. The maximum Gasteiger partial charge on any atom is 0.271 e. The summed E-state index contributed by atoms with van der Waals surface area (Å²) in [4.78, 5) is 24.2. The Morgan fingerprint density at radius 2 is 1.97 bits per heavy atom. The lowest BCUT2D eigenvalue weighted by Gasteiger charge is -2.17. The first-order valence-corrected chi connectivity index (χ1v) is 11.6. The molecule has 0 radical (unpaired) electrons. The van der Waals surface area contributed by atoms with Gasteiger partial charge in [0.2, 0.25) is 5.91 Å². The van der Waals surface area contributed by atoms with Gasteiger partial charge in [0.05, 0.1) is 37.4 Å². The fourth-order valence-electron chi connectivity index (χ4n) is 4.17. The first-order valence-electron chi connectivity index (χ1n) is 11.6. The molecule has 3 aromatic rings. The molecule has 2 amide bonds. The molecule has 3 heterocycles. The summed E-state index contributed by atoms with van der Waals surface area (Å²) in [5.74, 6) is -0.166. The predicted octanol–water partition coefficient (Wildman–Crippen LogP) is 2.13. The number of para-hydroxylation sites is 1. The molecule has 1 saturated carbocycles. The van der Waals surface area contributed by atoms with Gasteiger partial charge in [-0.15, -0.1) is 10.2 Å². The van der Waals surface area contributed by atoms with Crippen LogP contribution in [0.15, 0.2) is 36.5 Å². The summed E-state index contributed by atoms with van der Waals surface area (Å²) in [6.07, 6.45) is 3.51. The van der Waals surface area contributed by atoms with Crippen LogP contribution in [0.5, 0.6) is 5.75 Å². The topological polar surface area (TPSA) is 156 Å². The minimum absolute atomic E-state index is 0.00873. The largest absolute Gasteiger partial charge is 0.494 e. The van der Waals surface area contributed by atoms with E-state index in [9.17, 15) is 9.59 Å². The van der Waals surface area contributed by atoms with Gasteiger partial charge >= 0.3 is 0 Å². The van der Waals surface area contributed by atoms with Crippen LogP contribution in [0.4, 0.5) is 17.2 Å². The first-order chi connectivity index (χ1) is 17.5. The quantitative estimate of drug-likeness (QED) is 0.406. The molecule has 2 fully saturated rings. The van der Waals surface area contributed by atoms with E-state index in [1.54, 1.807) is 20.3 Å². The van der Waals surface area contributed by atoms with Crippen LogP contribution >= 0.6 is 0 Å². The Balaban J connectivity index is 1.45. The van der Waals surface area contributed by atoms with E-state index in [-0.39, 0.29) is 41.2 Å². The molecule has 0 spiro atoms. The van der Waals surface area contributed by atoms with Gasteiger partial charge in [0.25, 0.3) is 5.91 Å². The van der Waals surface area contributed by atoms with Crippen LogP contribution in [0.1, 0.15) is 29.4 Å². The van der Waals surface area contributed by atoms with Crippen molar-refractivity contribution in [2.45, 2.75) is 25.0 Å². The van der Waals surface area contributed by atoms with Crippen molar-refractivity contribution in [3.63, 3.8) is 0 Å². The number of rotatable bonds is 9. The molecule has 12 nitrogen and oxygen atoms in total. The van der Waals surface area contributed by atoms with Gasteiger partial charge in [-0.2, -0.15) is 5.10 Å². The number of hydrogen-bond donors (Lipinski definition) is 3. The van der Waals surface area contributed by atoms with E-state index in [0.29, 0.717) is 30.3 Å². The summed E-state index contributed by atoms with van der Waals surface area (Å²) >= 11 is 0. The number of amides is 2. The summed E-state index contributed by atoms with van der Waals surface area (Å²) in [5, 5.41) is 18.5. The summed E-state index contributed by atoms with van der Waals surface area (Å²) in [6.45, 7) is 1.03. The lowest BCUT2D eigenvalue weighted by Crippen LogP contribution is -2.24. The highest BCUT2D eigenvalue weighted by atomic mass is 16.5. The molecule has 1 aliphatic heterocycles. The molecule has 12 heteroatoms. The first kappa shape index (κ1) is 23.7. The van der Waals surface area contributed by atoms with E-state index in [4.69, 9.17) is 25.0 Å². The van der Waals surface area contributed by atoms with E-state index >= 15 is 0 Å². The van der Waals surface area contributed by atoms with Crippen molar-refractivity contribution in [3.8, 4) is 17.0 Å². The van der Waals surface area contributed by atoms with Crippen LogP contribution in [-0.2, 0) is 14.3 Å². The van der Waals surface area contributed by atoms with Crippen molar-refractivity contribution < 1.29 is 23.8 Å². The van der Waals surface area contributed by atoms with Gasteiger partial charge in [0.15, 0.2) is 17.3 Å². The van der Waals surface area contributed by atoms with E-state index in [2.05, 4.69) is 20.8 Å². The zero-order chi connectivity index (χ0) is 25.2. The standard InChI is InChI=1S/C24H27N7O5/c1-34-19-12-36-11-18(19)31-9-8-15(30-31)14-4-3-5-16(22(14)35-2)26-17-10-20(27-24(33)13-6-7-13)28-29-21(17)23(25)32/h3-5,8-10,13,18-19H,6-7,11-12H2,1-2H3,(H2,25,32)(H2,26,27,28,33)/t18-,19-/m1/s1. The maximum atomic E-state index is 12.2.